The van der Waals surface area contributed by atoms with Crippen molar-refractivity contribution < 1.29 is 0 Å². The second-order valence-electron chi connectivity index (χ2n) is 40.5. The first-order valence-electron chi connectivity index (χ1n) is 47.4. The lowest BCUT2D eigenvalue weighted by atomic mass is 9.78. The summed E-state index contributed by atoms with van der Waals surface area (Å²) in [5.74, 6) is 0. The topological polar surface area (TPSA) is 0 Å². The Balaban J connectivity index is 0.000000102. The normalized spacial score (nSPS) is 14.5. The molecule has 0 heterocycles. The summed E-state index contributed by atoms with van der Waals surface area (Å²) in [6, 6.07) is 146. The van der Waals surface area contributed by atoms with E-state index in [-0.39, 0.29) is 32.5 Å². The summed E-state index contributed by atoms with van der Waals surface area (Å²) < 4.78 is 0. The van der Waals surface area contributed by atoms with E-state index in [1.165, 1.54) is 234 Å². The van der Waals surface area contributed by atoms with Crippen molar-refractivity contribution in [1.82, 2.24) is 0 Å². The van der Waals surface area contributed by atoms with Crippen LogP contribution in [0.2, 0.25) is 0 Å². The number of aryl methyl sites for hydroxylation is 6. The van der Waals surface area contributed by atoms with Crippen molar-refractivity contribution in [2.24, 2.45) is 0 Å². The van der Waals surface area contributed by atoms with Gasteiger partial charge in [-0.3, -0.25) is 0 Å². The van der Waals surface area contributed by atoms with E-state index in [0.29, 0.717) is 0 Å². The van der Waals surface area contributed by atoms with Crippen molar-refractivity contribution in [1.29, 1.82) is 0 Å². The smallest absolute Gasteiger partial charge is 0.0165 e. The highest BCUT2D eigenvalue weighted by molar-refractivity contribution is 5.97. The van der Waals surface area contributed by atoms with E-state index < -0.39 is 0 Å². The minimum Gasteiger partial charge on any atom is -0.0622 e. The molecule has 6 aliphatic carbocycles. The largest absolute Gasteiger partial charge is 0.0622 e. The molecule has 0 heteroatoms. The molecule has 0 saturated heterocycles. The standard InChI is InChI=1S/6C22H20/c1-15-13-17(16-9-5-4-6-10-16)14-19-18-11-7-8-12-20(18)22(2,3)21(15)19;1-15-13-18(16-9-5-4-6-10-16)21-19(14-15)17-11-7-8-12-20(17)22(21,2)3;1-15-13-18(16-9-5-4-6-10-16)21-17-11-7-8-12-19(17)22(2,3)20(21)14-15;1-15-13-14-17(16-9-5-4-6-10-16)21-20(15)18-11-7-8-12-19(18)22(21,2)3;1-15-12-13-18-20(14-15)22(2,3)19-11-7-10-17(21(18)19)16-8-5-4-6-9-16;1-15-12-13-18-19-11-7-10-17(16-8-5-4-6-9-16)21(19)22(2,3)20(18)14-15/h6*4-14H,1-3H3. The van der Waals surface area contributed by atoms with Crippen molar-refractivity contribution in [3.8, 4) is 134 Å². The van der Waals surface area contributed by atoms with Gasteiger partial charge in [-0.25, -0.2) is 0 Å². The molecule has 18 aromatic carbocycles. The summed E-state index contributed by atoms with van der Waals surface area (Å²) in [5.41, 5.74) is 58.6. The van der Waals surface area contributed by atoms with Gasteiger partial charge in [-0.05, 0) is 265 Å². The molecule has 0 bridgehead atoms. The molecule has 0 unspecified atom stereocenters. The van der Waals surface area contributed by atoms with E-state index in [4.69, 9.17) is 0 Å². The third-order valence-corrected chi connectivity index (χ3v) is 29.6. The van der Waals surface area contributed by atoms with E-state index in [2.05, 4.69) is 525 Å². The van der Waals surface area contributed by atoms with Crippen molar-refractivity contribution >= 4 is 0 Å². The summed E-state index contributed by atoms with van der Waals surface area (Å²) in [6.45, 7) is 41.4. The van der Waals surface area contributed by atoms with Crippen LogP contribution >= 0.6 is 0 Å². The van der Waals surface area contributed by atoms with Crippen LogP contribution in [0, 0.1) is 41.5 Å². The van der Waals surface area contributed by atoms with Crippen molar-refractivity contribution in [2.75, 3.05) is 0 Å². The summed E-state index contributed by atoms with van der Waals surface area (Å²) in [7, 11) is 0. The zero-order chi connectivity index (χ0) is 91.9. The van der Waals surface area contributed by atoms with Crippen LogP contribution < -0.4 is 0 Å². The highest BCUT2D eigenvalue weighted by Gasteiger charge is 2.44. The van der Waals surface area contributed by atoms with Gasteiger partial charge < -0.3 is 0 Å². The molecule has 0 nitrogen and oxygen atoms in total. The fraction of sp³-hybridized carbons (Fsp3) is 0.182. The molecule has 0 N–H and O–H groups in total. The van der Waals surface area contributed by atoms with Gasteiger partial charge >= 0.3 is 0 Å². The van der Waals surface area contributed by atoms with Crippen molar-refractivity contribution in [2.45, 2.75) is 157 Å². The van der Waals surface area contributed by atoms with Gasteiger partial charge in [-0.1, -0.05) is 494 Å². The molecule has 6 aliphatic rings. The quantitative estimate of drug-likeness (QED) is 0.156. The molecule has 0 spiro atoms. The van der Waals surface area contributed by atoms with Crippen LogP contribution in [0.25, 0.3) is 134 Å². The molecular formula is C132H120. The average Bonchev–Trinajstić information content (AvgIpc) is 1.52. The number of rotatable bonds is 6. The monoisotopic (exact) mass is 1700 g/mol. The average molecular weight is 1710 g/mol. The van der Waals surface area contributed by atoms with E-state index >= 15 is 0 Å². The number of hydrogen-bond donors (Lipinski definition) is 0. The van der Waals surface area contributed by atoms with Crippen LogP contribution in [0.4, 0.5) is 0 Å². The Morgan fingerprint density at radius 2 is 0.424 bits per heavy atom. The maximum Gasteiger partial charge on any atom is 0.0165 e. The van der Waals surface area contributed by atoms with Gasteiger partial charge in [0.1, 0.15) is 0 Å². The first kappa shape index (κ1) is 87.3. The number of hydrogen-bond acceptors (Lipinski definition) is 0. The third-order valence-electron chi connectivity index (χ3n) is 29.6. The summed E-state index contributed by atoms with van der Waals surface area (Å²) >= 11 is 0. The fourth-order valence-corrected chi connectivity index (χ4v) is 23.3. The summed E-state index contributed by atoms with van der Waals surface area (Å²) in [6.07, 6.45) is 0. The van der Waals surface area contributed by atoms with E-state index in [1.807, 2.05) is 0 Å². The zero-order valence-electron chi connectivity index (χ0n) is 80.1. The maximum atomic E-state index is 2.37. The Morgan fingerprint density at radius 3 is 0.962 bits per heavy atom. The van der Waals surface area contributed by atoms with Crippen molar-refractivity contribution in [3.05, 3.63) is 501 Å². The SMILES string of the molecule is Cc1cc(-c2ccccc2)c2c(c1)-c1ccccc1C2(C)C.Cc1cc(-c2ccccc2)c2c(c1)C(C)(C)c1ccccc1-2.Cc1cc(-c2ccccc2)cc2c1C(C)(C)c1ccccc1-2.Cc1ccc(-c2ccccc2)c2c1-c1ccccc1C2(C)C.Cc1ccc2c(c1)C(C)(C)c1c(-c3ccccc3)cccc1-2.Cc1ccc2c(c1)C(C)(C)c1cccc(-c3ccccc3)c1-2. The summed E-state index contributed by atoms with van der Waals surface area (Å²) in [4.78, 5) is 0. The van der Waals surface area contributed by atoms with Gasteiger partial charge in [0.2, 0.25) is 0 Å². The lowest BCUT2D eigenvalue weighted by Gasteiger charge is -2.25. The molecule has 648 valence electrons. The molecule has 0 aliphatic heterocycles. The lowest BCUT2D eigenvalue weighted by molar-refractivity contribution is 0.655. The predicted octanol–water partition coefficient (Wildman–Crippen LogP) is 35.8. The van der Waals surface area contributed by atoms with Gasteiger partial charge in [0.25, 0.3) is 0 Å². The third kappa shape index (κ3) is 15.3. The molecule has 18 aromatic rings. The van der Waals surface area contributed by atoms with Gasteiger partial charge in [-0.2, -0.15) is 0 Å². The van der Waals surface area contributed by atoms with E-state index in [0.717, 1.165) is 0 Å². The second-order valence-corrected chi connectivity index (χ2v) is 40.5. The Kier molecular flexibility index (Phi) is 22.7. The van der Waals surface area contributed by atoms with E-state index in [9.17, 15) is 0 Å². The van der Waals surface area contributed by atoms with Crippen LogP contribution in [0.5, 0.6) is 0 Å². The molecule has 0 radical (unpaired) electrons. The van der Waals surface area contributed by atoms with Gasteiger partial charge in [0.15, 0.2) is 0 Å². The van der Waals surface area contributed by atoms with E-state index in [1.54, 1.807) is 0 Å². The van der Waals surface area contributed by atoms with Gasteiger partial charge in [0.05, 0.1) is 0 Å². The molecule has 0 fully saturated rings. The minimum absolute atomic E-state index is 0.0448. The Bertz CT molecular complexity index is 7420. The van der Waals surface area contributed by atoms with Crippen LogP contribution in [0.1, 0.15) is 183 Å². The van der Waals surface area contributed by atoms with Crippen molar-refractivity contribution in [3.63, 3.8) is 0 Å². The van der Waals surface area contributed by atoms with Gasteiger partial charge in [0, 0.05) is 32.5 Å². The Labute approximate surface area is 785 Å². The zero-order valence-corrected chi connectivity index (χ0v) is 80.1. The van der Waals surface area contributed by atoms with Crippen LogP contribution in [-0.2, 0) is 32.5 Å². The molecule has 0 saturated carbocycles. The first-order valence-corrected chi connectivity index (χ1v) is 47.4. The first-order chi connectivity index (χ1) is 63.5. The molecule has 0 aromatic heterocycles. The minimum atomic E-state index is 0.0448. The number of benzene rings is 18. The molecular weight excluding hydrogens is 1590 g/mol. The summed E-state index contributed by atoms with van der Waals surface area (Å²) in [5, 5.41) is 0. The molecule has 0 amide bonds. The Hall–Kier alpha value is -14.0. The van der Waals surface area contributed by atoms with Crippen LogP contribution in [-0.4, -0.2) is 0 Å². The second kappa shape index (κ2) is 34.4. The van der Waals surface area contributed by atoms with Crippen LogP contribution in [0.3, 0.4) is 0 Å². The Morgan fingerprint density at radius 1 is 0.129 bits per heavy atom. The number of fused-ring (bicyclic) bond motifs is 18. The van der Waals surface area contributed by atoms with Crippen LogP contribution in [0.15, 0.2) is 400 Å². The fourth-order valence-electron chi connectivity index (χ4n) is 23.3. The predicted molar refractivity (Wildman–Crippen MR) is 565 cm³/mol. The highest BCUT2D eigenvalue weighted by atomic mass is 14.5. The molecule has 0 atom stereocenters. The lowest BCUT2D eigenvalue weighted by Crippen LogP contribution is -2.16. The van der Waals surface area contributed by atoms with Gasteiger partial charge in [-0.15, -0.1) is 0 Å². The highest BCUT2D eigenvalue weighted by Crippen LogP contribution is 2.59. The molecule has 132 heavy (non-hydrogen) atoms. The molecule has 24 rings (SSSR count). The maximum absolute atomic E-state index is 2.37.